The maximum atomic E-state index is 3.41. The Morgan fingerprint density at radius 3 is 2.43 bits per heavy atom. The Labute approximate surface area is 132 Å². The number of aryl methyl sites for hydroxylation is 2. The number of nitrogens with zero attached hydrogens (tertiary/aromatic N) is 1. The standard InChI is InChI=1S/C18H26N2S/c1-5-19-12-18-11-16(15(4)21-18)13-20(6-2)17-9-7-14(3)8-10-17/h7-11,19H,5-6,12-13H2,1-4H3. The number of anilines is 1. The lowest BCUT2D eigenvalue weighted by Gasteiger charge is -2.23. The third-order valence-electron chi connectivity index (χ3n) is 3.76. The summed E-state index contributed by atoms with van der Waals surface area (Å²) in [6, 6.07) is 11.2. The zero-order valence-corrected chi connectivity index (χ0v) is 14.4. The highest BCUT2D eigenvalue weighted by Gasteiger charge is 2.10. The number of hydrogen-bond acceptors (Lipinski definition) is 3. The smallest absolute Gasteiger partial charge is 0.0440 e. The molecule has 1 heterocycles. The Balaban J connectivity index is 2.11. The molecule has 0 amide bonds. The second kappa shape index (κ2) is 7.62. The lowest BCUT2D eigenvalue weighted by molar-refractivity contribution is 0.734. The summed E-state index contributed by atoms with van der Waals surface area (Å²) in [7, 11) is 0. The Morgan fingerprint density at radius 1 is 1.10 bits per heavy atom. The molecule has 0 aliphatic carbocycles. The fraction of sp³-hybridized carbons (Fsp3) is 0.444. The summed E-state index contributed by atoms with van der Waals surface area (Å²) in [6.07, 6.45) is 0. The van der Waals surface area contributed by atoms with Crippen LogP contribution in [0.15, 0.2) is 30.3 Å². The van der Waals surface area contributed by atoms with Crippen LogP contribution in [0.5, 0.6) is 0 Å². The molecule has 0 saturated carbocycles. The zero-order chi connectivity index (χ0) is 15.2. The Kier molecular flexibility index (Phi) is 5.83. The van der Waals surface area contributed by atoms with Crippen LogP contribution in [0.3, 0.4) is 0 Å². The molecule has 0 aliphatic heterocycles. The average Bonchev–Trinajstić information content (AvgIpc) is 2.84. The molecule has 21 heavy (non-hydrogen) atoms. The van der Waals surface area contributed by atoms with E-state index in [2.05, 4.69) is 68.2 Å². The van der Waals surface area contributed by atoms with Crippen LogP contribution < -0.4 is 10.2 Å². The van der Waals surface area contributed by atoms with Crippen molar-refractivity contribution in [1.29, 1.82) is 0 Å². The van der Waals surface area contributed by atoms with Gasteiger partial charge in [0.05, 0.1) is 0 Å². The molecule has 1 N–H and O–H groups in total. The van der Waals surface area contributed by atoms with Gasteiger partial charge >= 0.3 is 0 Å². The van der Waals surface area contributed by atoms with E-state index in [1.54, 1.807) is 0 Å². The molecule has 2 nitrogen and oxygen atoms in total. The molecular weight excluding hydrogens is 276 g/mol. The summed E-state index contributed by atoms with van der Waals surface area (Å²) < 4.78 is 0. The topological polar surface area (TPSA) is 15.3 Å². The van der Waals surface area contributed by atoms with E-state index in [9.17, 15) is 0 Å². The maximum absolute atomic E-state index is 3.41. The molecule has 0 saturated heterocycles. The number of rotatable bonds is 7. The van der Waals surface area contributed by atoms with Crippen LogP contribution in [0.2, 0.25) is 0 Å². The summed E-state index contributed by atoms with van der Waals surface area (Å²) in [5.74, 6) is 0. The van der Waals surface area contributed by atoms with Gasteiger partial charge in [0.25, 0.3) is 0 Å². The predicted molar refractivity (Wildman–Crippen MR) is 94.3 cm³/mol. The van der Waals surface area contributed by atoms with Crippen LogP contribution in [-0.2, 0) is 13.1 Å². The van der Waals surface area contributed by atoms with Gasteiger partial charge in [0, 0.05) is 35.1 Å². The Hall–Kier alpha value is -1.32. The van der Waals surface area contributed by atoms with E-state index in [-0.39, 0.29) is 0 Å². The first-order valence-corrected chi connectivity index (χ1v) is 8.56. The highest BCUT2D eigenvalue weighted by molar-refractivity contribution is 7.12. The minimum Gasteiger partial charge on any atom is -0.367 e. The summed E-state index contributed by atoms with van der Waals surface area (Å²) in [5, 5.41) is 3.41. The Bertz CT molecular complexity index is 557. The lowest BCUT2D eigenvalue weighted by Crippen LogP contribution is -2.22. The van der Waals surface area contributed by atoms with Crippen molar-refractivity contribution in [2.45, 2.75) is 40.8 Å². The van der Waals surface area contributed by atoms with Gasteiger partial charge in [-0.1, -0.05) is 24.6 Å². The second-order valence-electron chi connectivity index (χ2n) is 5.42. The van der Waals surface area contributed by atoms with Gasteiger partial charge in [-0.15, -0.1) is 11.3 Å². The van der Waals surface area contributed by atoms with Gasteiger partial charge in [-0.05, 0) is 51.1 Å². The van der Waals surface area contributed by atoms with Crippen LogP contribution in [0.1, 0.15) is 34.7 Å². The molecule has 0 fully saturated rings. The van der Waals surface area contributed by atoms with Gasteiger partial charge in [0.1, 0.15) is 0 Å². The van der Waals surface area contributed by atoms with E-state index in [0.717, 1.165) is 26.2 Å². The van der Waals surface area contributed by atoms with Crippen LogP contribution in [0, 0.1) is 13.8 Å². The largest absolute Gasteiger partial charge is 0.367 e. The third-order valence-corrected chi connectivity index (χ3v) is 4.86. The molecule has 114 valence electrons. The highest BCUT2D eigenvalue weighted by Crippen LogP contribution is 2.25. The highest BCUT2D eigenvalue weighted by atomic mass is 32.1. The van der Waals surface area contributed by atoms with E-state index >= 15 is 0 Å². The fourth-order valence-electron chi connectivity index (χ4n) is 2.43. The van der Waals surface area contributed by atoms with E-state index in [4.69, 9.17) is 0 Å². The van der Waals surface area contributed by atoms with Crippen LogP contribution >= 0.6 is 11.3 Å². The summed E-state index contributed by atoms with van der Waals surface area (Å²) >= 11 is 1.92. The minimum atomic E-state index is 0.985. The van der Waals surface area contributed by atoms with Gasteiger partial charge in [-0.2, -0.15) is 0 Å². The van der Waals surface area contributed by atoms with Gasteiger partial charge in [0.15, 0.2) is 0 Å². The Morgan fingerprint density at radius 2 is 1.81 bits per heavy atom. The molecule has 0 aliphatic rings. The predicted octanol–water partition coefficient (Wildman–Crippen LogP) is 4.50. The minimum absolute atomic E-state index is 0.985. The van der Waals surface area contributed by atoms with Crippen molar-refractivity contribution in [2.75, 3.05) is 18.0 Å². The van der Waals surface area contributed by atoms with Crippen molar-refractivity contribution < 1.29 is 0 Å². The van der Waals surface area contributed by atoms with Gasteiger partial charge < -0.3 is 10.2 Å². The van der Waals surface area contributed by atoms with Crippen molar-refractivity contribution in [3.8, 4) is 0 Å². The third kappa shape index (κ3) is 4.32. The SMILES string of the molecule is CCNCc1cc(CN(CC)c2ccc(C)cc2)c(C)s1. The van der Waals surface area contributed by atoms with Crippen molar-refractivity contribution in [3.63, 3.8) is 0 Å². The van der Waals surface area contributed by atoms with E-state index < -0.39 is 0 Å². The molecule has 0 unspecified atom stereocenters. The maximum Gasteiger partial charge on any atom is 0.0440 e. The summed E-state index contributed by atoms with van der Waals surface area (Å²) in [6.45, 7) is 12.8. The number of hydrogen-bond donors (Lipinski definition) is 1. The van der Waals surface area contributed by atoms with Gasteiger partial charge in [-0.25, -0.2) is 0 Å². The number of nitrogens with one attached hydrogen (secondary N) is 1. The van der Waals surface area contributed by atoms with Crippen LogP contribution in [0.25, 0.3) is 0 Å². The molecule has 0 atom stereocenters. The van der Waals surface area contributed by atoms with Crippen LogP contribution in [0.4, 0.5) is 5.69 Å². The van der Waals surface area contributed by atoms with E-state index in [1.165, 1.54) is 26.6 Å². The molecule has 0 bridgehead atoms. The molecule has 2 rings (SSSR count). The van der Waals surface area contributed by atoms with Crippen molar-refractivity contribution in [3.05, 3.63) is 51.2 Å². The molecule has 0 spiro atoms. The van der Waals surface area contributed by atoms with Gasteiger partial charge in [0.2, 0.25) is 0 Å². The second-order valence-corrected chi connectivity index (χ2v) is 6.77. The lowest BCUT2D eigenvalue weighted by atomic mass is 10.2. The summed E-state index contributed by atoms with van der Waals surface area (Å²) in [5.41, 5.74) is 4.08. The average molecular weight is 302 g/mol. The molecule has 0 radical (unpaired) electrons. The number of thiophene rings is 1. The first kappa shape index (κ1) is 16.1. The first-order valence-electron chi connectivity index (χ1n) is 7.74. The van der Waals surface area contributed by atoms with Crippen molar-refractivity contribution >= 4 is 17.0 Å². The van der Waals surface area contributed by atoms with E-state index in [1.807, 2.05) is 11.3 Å². The molecule has 1 aromatic carbocycles. The van der Waals surface area contributed by atoms with Crippen molar-refractivity contribution in [2.24, 2.45) is 0 Å². The monoisotopic (exact) mass is 302 g/mol. The normalized spacial score (nSPS) is 10.9. The molecular formula is C18H26N2S. The molecule has 3 heteroatoms. The molecule has 1 aromatic heterocycles. The zero-order valence-electron chi connectivity index (χ0n) is 13.6. The van der Waals surface area contributed by atoms with E-state index in [0.29, 0.717) is 0 Å². The quantitative estimate of drug-likeness (QED) is 0.810. The fourth-order valence-corrected chi connectivity index (χ4v) is 3.45. The molecule has 2 aromatic rings. The van der Waals surface area contributed by atoms with Crippen molar-refractivity contribution in [1.82, 2.24) is 5.32 Å². The first-order chi connectivity index (χ1) is 10.1. The number of benzene rings is 1. The van der Waals surface area contributed by atoms with Gasteiger partial charge in [-0.3, -0.25) is 0 Å². The van der Waals surface area contributed by atoms with Crippen LogP contribution in [-0.4, -0.2) is 13.1 Å². The summed E-state index contributed by atoms with van der Waals surface area (Å²) in [4.78, 5) is 5.31.